The number of amides is 1. The molecule has 8 nitrogen and oxygen atoms in total. The normalized spacial score (nSPS) is 16.1. The first-order chi connectivity index (χ1) is 21.5. The molecule has 222 valence electrons. The maximum atomic E-state index is 13.6. The molecule has 44 heavy (non-hydrogen) atoms. The number of anilines is 1. The highest BCUT2D eigenvalue weighted by Gasteiger charge is 2.48. The molecule has 3 aromatic carbocycles. The van der Waals surface area contributed by atoms with Crippen molar-refractivity contribution in [3.63, 3.8) is 0 Å². The van der Waals surface area contributed by atoms with Gasteiger partial charge in [0.2, 0.25) is 5.13 Å². The fraction of sp³-hybridized carbons (Fsp3) is 0.206. The van der Waals surface area contributed by atoms with Crippen molar-refractivity contribution in [3.8, 4) is 5.75 Å². The van der Waals surface area contributed by atoms with Crippen molar-refractivity contribution in [2.24, 2.45) is 0 Å². The van der Waals surface area contributed by atoms with Gasteiger partial charge in [0.05, 0.1) is 18.2 Å². The zero-order valence-electron chi connectivity index (χ0n) is 24.1. The minimum atomic E-state index is -0.902. The van der Waals surface area contributed by atoms with Gasteiger partial charge in [-0.25, -0.2) is 0 Å². The van der Waals surface area contributed by atoms with Crippen LogP contribution in [0.4, 0.5) is 5.13 Å². The van der Waals surface area contributed by atoms with Gasteiger partial charge in [0.15, 0.2) is 4.34 Å². The van der Waals surface area contributed by atoms with Crippen LogP contribution in [0.3, 0.4) is 0 Å². The lowest BCUT2D eigenvalue weighted by molar-refractivity contribution is -0.132. The smallest absolute Gasteiger partial charge is 0.301 e. The minimum Gasteiger partial charge on any atom is -0.507 e. The second-order valence-electron chi connectivity index (χ2n) is 10.3. The Bertz CT molecular complexity index is 1820. The standard InChI is InChI=1S/C34H30N4O4S2/c1-2-3-6-20-42-26-14-12-23(13-15-26)29-28(30(39)24-16-18-35-19-17-24)31(40)32(41)38(29)33-36-37-34(44-33)43-21-25-10-7-9-22-8-4-5-11-27(22)25/h4-5,7-19,29,39H,2-3,6,20-21H2,1H3/b30-28+. The largest absolute Gasteiger partial charge is 0.507 e. The van der Waals surface area contributed by atoms with Gasteiger partial charge in [-0.15, -0.1) is 10.2 Å². The van der Waals surface area contributed by atoms with E-state index in [1.165, 1.54) is 56.7 Å². The van der Waals surface area contributed by atoms with Crippen molar-refractivity contribution in [1.82, 2.24) is 15.2 Å². The second kappa shape index (κ2) is 13.4. The van der Waals surface area contributed by atoms with Crippen LogP contribution in [0.5, 0.6) is 5.75 Å². The molecule has 5 aromatic rings. The summed E-state index contributed by atoms with van der Waals surface area (Å²) in [6.45, 7) is 2.75. The van der Waals surface area contributed by atoms with Crippen molar-refractivity contribution in [2.45, 2.75) is 42.3 Å². The molecule has 1 amide bonds. The monoisotopic (exact) mass is 622 g/mol. The van der Waals surface area contributed by atoms with Gasteiger partial charge in [0, 0.05) is 23.7 Å². The quantitative estimate of drug-likeness (QED) is 0.0402. The molecule has 0 bridgehead atoms. The summed E-state index contributed by atoms with van der Waals surface area (Å²) < 4.78 is 6.54. The first-order valence-corrected chi connectivity index (χ1v) is 16.2. The summed E-state index contributed by atoms with van der Waals surface area (Å²) in [4.78, 5) is 32.4. The number of Topliss-reactive ketones (excluding diaryl/α,β-unsaturated/α-hetero) is 1. The van der Waals surface area contributed by atoms with E-state index in [2.05, 4.69) is 46.4 Å². The molecule has 1 N–H and O–H groups in total. The summed E-state index contributed by atoms with van der Waals surface area (Å²) >= 11 is 2.76. The highest BCUT2D eigenvalue weighted by atomic mass is 32.2. The Balaban J connectivity index is 1.32. The molecule has 0 radical (unpaired) electrons. The van der Waals surface area contributed by atoms with Crippen molar-refractivity contribution in [3.05, 3.63) is 114 Å². The van der Waals surface area contributed by atoms with Crippen LogP contribution in [0.25, 0.3) is 16.5 Å². The van der Waals surface area contributed by atoms with Gasteiger partial charge in [-0.1, -0.05) is 97.5 Å². The number of aliphatic hydroxyl groups is 1. The number of fused-ring (bicyclic) bond motifs is 1. The number of rotatable bonds is 11. The molecule has 2 aromatic heterocycles. The average Bonchev–Trinajstić information content (AvgIpc) is 3.64. The van der Waals surface area contributed by atoms with Gasteiger partial charge in [0.1, 0.15) is 11.5 Å². The Kier molecular flexibility index (Phi) is 8.99. The predicted octanol–water partition coefficient (Wildman–Crippen LogP) is 7.57. The van der Waals surface area contributed by atoms with Gasteiger partial charge in [-0.2, -0.15) is 0 Å². The van der Waals surface area contributed by atoms with Gasteiger partial charge in [-0.3, -0.25) is 19.5 Å². The molecule has 0 spiro atoms. The van der Waals surface area contributed by atoms with Crippen LogP contribution in [-0.2, 0) is 15.3 Å². The molecular weight excluding hydrogens is 593 g/mol. The third kappa shape index (κ3) is 6.09. The Morgan fingerprint density at radius 2 is 1.73 bits per heavy atom. The maximum Gasteiger partial charge on any atom is 0.301 e. The van der Waals surface area contributed by atoms with Crippen molar-refractivity contribution >= 4 is 56.5 Å². The number of pyridine rings is 1. The van der Waals surface area contributed by atoms with Gasteiger partial charge < -0.3 is 9.84 Å². The third-order valence-electron chi connectivity index (χ3n) is 7.44. The molecule has 0 aliphatic carbocycles. The van der Waals surface area contributed by atoms with E-state index in [0.29, 0.717) is 33.6 Å². The topological polar surface area (TPSA) is 106 Å². The van der Waals surface area contributed by atoms with Crippen molar-refractivity contribution in [2.75, 3.05) is 11.5 Å². The highest BCUT2D eigenvalue weighted by Crippen LogP contribution is 2.44. The molecule has 1 unspecified atom stereocenters. The molecule has 1 saturated heterocycles. The van der Waals surface area contributed by atoms with E-state index in [4.69, 9.17) is 4.74 Å². The number of unbranched alkanes of at least 4 members (excludes halogenated alkanes) is 2. The Hall–Kier alpha value is -4.54. The summed E-state index contributed by atoms with van der Waals surface area (Å²) in [6.07, 6.45) is 6.20. The minimum absolute atomic E-state index is 0.0158. The maximum absolute atomic E-state index is 13.6. The van der Waals surface area contributed by atoms with Crippen LogP contribution in [0.15, 0.2) is 101 Å². The molecule has 0 saturated carbocycles. The van der Waals surface area contributed by atoms with E-state index in [1.807, 2.05) is 42.5 Å². The molecule has 6 rings (SSSR count). The molecule has 10 heteroatoms. The van der Waals surface area contributed by atoms with E-state index < -0.39 is 17.7 Å². The van der Waals surface area contributed by atoms with E-state index in [9.17, 15) is 14.7 Å². The summed E-state index contributed by atoms with van der Waals surface area (Å²) in [5.41, 5.74) is 2.18. The Morgan fingerprint density at radius 1 is 0.955 bits per heavy atom. The number of hydrogen-bond acceptors (Lipinski definition) is 9. The average molecular weight is 623 g/mol. The van der Waals surface area contributed by atoms with Crippen LogP contribution in [0, 0.1) is 0 Å². The zero-order valence-corrected chi connectivity index (χ0v) is 25.7. The predicted molar refractivity (Wildman–Crippen MR) is 174 cm³/mol. The lowest BCUT2D eigenvalue weighted by Crippen LogP contribution is -2.29. The van der Waals surface area contributed by atoms with Gasteiger partial charge in [0.25, 0.3) is 5.78 Å². The highest BCUT2D eigenvalue weighted by molar-refractivity contribution is 8.00. The first kappa shape index (κ1) is 29.5. The number of aromatic nitrogens is 3. The molecular formula is C34H30N4O4S2. The van der Waals surface area contributed by atoms with Crippen LogP contribution < -0.4 is 9.64 Å². The number of carbonyl (C=O) groups excluding carboxylic acids is 2. The summed E-state index contributed by atoms with van der Waals surface area (Å²) in [5, 5.41) is 22.6. The van der Waals surface area contributed by atoms with E-state index >= 15 is 0 Å². The Labute approximate surface area is 263 Å². The number of benzene rings is 3. The fourth-order valence-corrected chi connectivity index (χ4v) is 7.09. The number of ether oxygens (including phenoxy) is 1. The number of thioether (sulfide) groups is 1. The third-order valence-corrected chi connectivity index (χ3v) is 9.55. The lowest BCUT2D eigenvalue weighted by Gasteiger charge is -2.22. The summed E-state index contributed by atoms with van der Waals surface area (Å²) in [5.74, 6) is -0.469. The van der Waals surface area contributed by atoms with Gasteiger partial charge >= 0.3 is 5.91 Å². The number of nitrogens with zero attached hydrogens (tertiary/aromatic N) is 4. The number of carbonyl (C=O) groups is 2. The molecule has 1 aliphatic rings. The summed E-state index contributed by atoms with van der Waals surface area (Å²) in [7, 11) is 0. The SMILES string of the molecule is CCCCCOc1ccc(C2/C(=C(\O)c3ccncc3)C(=O)C(=O)N2c2nnc(SCc3cccc4ccccc34)s2)cc1. The van der Waals surface area contributed by atoms with Crippen molar-refractivity contribution in [1.29, 1.82) is 0 Å². The van der Waals surface area contributed by atoms with Crippen LogP contribution >= 0.6 is 23.1 Å². The zero-order chi connectivity index (χ0) is 30.5. The van der Waals surface area contributed by atoms with Gasteiger partial charge in [-0.05, 0) is 52.6 Å². The summed E-state index contributed by atoms with van der Waals surface area (Å²) in [6, 6.07) is 24.0. The van der Waals surface area contributed by atoms with Crippen molar-refractivity contribution < 1.29 is 19.4 Å². The lowest BCUT2D eigenvalue weighted by atomic mass is 9.95. The number of ketones is 1. The van der Waals surface area contributed by atoms with Crippen LogP contribution in [-0.4, -0.2) is 38.6 Å². The fourth-order valence-electron chi connectivity index (χ4n) is 5.21. The van der Waals surface area contributed by atoms with E-state index in [0.717, 1.165) is 19.3 Å². The molecule has 1 atom stereocenters. The van der Waals surface area contributed by atoms with Crippen LogP contribution in [0.2, 0.25) is 0 Å². The number of hydrogen-bond donors (Lipinski definition) is 1. The molecule has 3 heterocycles. The van der Waals surface area contributed by atoms with Crippen LogP contribution in [0.1, 0.15) is 48.9 Å². The Morgan fingerprint density at radius 3 is 2.52 bits per heavy atom. The first-order valence-electron chi connectivity index (χ1n) is 14.4. The van der Waals surface area contributed by atoms with E-state index in [-0.39, 0.29) is 16.5 Å². The number of aliphatic hydroxyl groups excluding tert-OH is 1. The molecule has 1 fully saturated rings. The second-order valence-corrected chi connectivity index (χ2v) is 12.5. The molecule has 1 aliphatic heterocycles. The van der Waals surface area contributed by atoms with E-state index in [1.54, 1.807) is 12.1 Å².